The van der Waals surface area contributed by atoms with Crippen molar-refractivity contribution in [3.8, 4) is 0 Å². The van der Waals surface area contributed by atoms with Gasteiger partial charge >= 0.3 is 0 Å². The van der Waals surface area contributed by atoms with Gasteiger partial charge in [0.1, 0.15) is 0 Å². The Morgan fingerprint density at radius 2 is 2.27 bits per heavy atom. The average molecular weight is 215 g/mol. The van der Waals surface area contributed by atoms with Crippen LogP contribution in [0.15, 0.2) is 0 Å². The lowest BCUT2D eigenvalue weighted by Gasteiger charge is -2.40. The molecular weight excluding hydrogens is 190 g/mol. The van der Waals surface area contributed by atoms with Crippen LogP contribution in [-0.4, -0.2) is 38.5 Å². The second-order valence-corrected chi connectivity index (χ2v) is 4.46. The van der Waals surface area contributed by atoms with E-state index in [-0.39, 0.29) is 5.60 Å². The Bertz CT molecular complexity index is 171. The average Bonchev–Trinajstić information content (AvgIpc) is 2.27. The maximum absolute atomic E-state index is 5.90. The molecule has 0 aromatic heterocycles. The minimum atomic E-state index is -0.0432. The Morgan fingerprint density at radius 3 is 2.87 bits per heavy atom. The van der Waals surface area contributed by atoms with Gasteiger partial charge in [-0.05, 0) is 32.2 Å². The molecule has 1 heterocycles. The molecule has 2 atom stereocenters. The highest BCUT2D eigenvalue weighted by atomic mass is 16.5. The normalized spacial score (nSPS) is 31.8. The minimum absolute atomic E-state index is 0.0432. The summed E-state index contributed by atoms with van der Waals surface area (Å²) in [7, 11) is 1.75. The molecule has 0 spiro atoms. The molecule has 3 nitrogen and oxygen atoms in total. The summed E-state index contributed by atoms with van der Waals surface area (Å²) < 4.78 is 11.2. The van der Waals surface area contributed by atoms with Crippen molar-refractivity contribution in [3.63, 3.8) is 0 Å². The fraction of sp³-hybridized carbons (Fsp3) is 1.00. The molecular formula is C12H25NO2. The second kappa shape index (κ2) is 6.46. The van der Waals surface area contributed by atoms with Gasteiger partial charge in [0.25, 0.3) is 0 Å². The molecule has 0 amide bonds. The van der Waals surface area contributed by atoms with Crippen molar-refractivity contribution >= 4 is 0 Å². The first-order chi connectivity index (χ1) is 7.26. The first kappa shape index (κ1) is 12.9. The molecule has 0 radical (unpaired) electrons. The number of nitrogens with one attached hydrogen (secondary N) is 1. The molecule has 0 aliphatic carbocycles. The molecule has 2 unspecified atom stereocenters. The number of ether oxygens (including phenoxy) is 2. The van der Waals surface area contributed by atoms with E-state index in [1.165, 1.54) is 6.42 Å². The zero-order valence-electron chi connectivity index (χ0n) is 10.3. The van der Waals surface area contributed by atoms with Crippen molar-refractivity contribution in [1.29, 1.82) is 0 Å². The quantitative estimate of drug-likeness (QED) is 0.734. The van der Waals surface area contributed by atoms with Crippen LogP contribution in [-0.2, 0) is 9.47 Å². The Labute approximate surface area is 93.5 Å². The van der Waals surface area contributed by atoms with Crippen molar-refractivity contribution in [2.75, 3.05) is 26.9 Å². The summed E-state index contributed by atoms with van der Waals surface area (Å²) in [6.07, 6.45) is 4.44. The van der Waals surface area contributed by atoms with Crippen LogP contribution in [0, 0.1) is 0 Å². The number of rotatable bonds is 6. The fourth-order valence-electron chi connectivity index (χ4n) is 2.26. The Morgan fingerprint density at radius 1 is 1.47 bits per heavy atom. The van der Waals surface area contributed by atoms with Crippen molar-refractivity contribution in [2.24, 2.45) is 0 Å². The monoisotopic (exact) mass is 215 g/mol. The van der Waals surface area contributed by atoms with Gasteiger partial charge in [-0.3, -0.25) is 0 Å². The van der Waals surface area contributed by atoms with E-state index in [4.69, 9.17) is 9.47 Å². The van der Waals surface area contributed by atoms with Crippen LogP contribution >= 0.6 is 0 Å². The third-order valence-electron chi connectivity index (χ3n) is 3.23. The van der Waals surface area contributed by atoms with Crippen molar-refractivity contribution in [1.82, 2.24) is 5.32 Å². The molecule has 1 aliphatic rings. The van der Waals surface area contributed by atoms with Crippen LogP contribution in [0.25, 0.3) is 0 Å². The van der Waals surface area contributed by atoms with E-state index in [2.05, 4.69) is 19.2 Å². The molecule has 1 fully saturated rings. The van der Waals surface area contributed by atoms with Crippen LogP contribution in [0.3, 0.4) is 0 Å². The highest BCUT2D eigenvalue weighted by Gasteiger charge is 2.35. The van der Waals surface area contributed by atoms with Crippen molar-refractivity contribution in [2.45, 2.75) is 51.2 Å². The topological polar surface area (TPSA) is 30.5 Å². The summed E-state index contributed by atoms with van der Waals surface area (Å²) in [5.41, 5.74) is -0.0432. The van der Waals surface area contributed by atoms with Crippen LogP contribution < -0.4 is 5.32 Å². The van der Waals surface area contributed by atoms with Crippen LogP contribution in [0.2, 0.25) is 0 Å². The molecule has 0 aromatic rings. The summed E-state index contributed by atoms with van der Waals surface area (Å²) in [5, 5.41) is 3.58. The van der Waals surface area contributed by atoms with Gasteiger partial charge in [-0.15, -0.1) is 0 Å². The lowest BCUT2D eigenvalue weighted by Crippen LogP contribution is -2.49. The third-order valence-corrected chi connectivity index (χ3v) is 3.23. The molecule has 1 saturated heterocycles. The Kier molecular flexibility index (Phi) is 5.58. The number of hydrogen-bond acceptors (Lipinski definition) is 3. The van der Waals surface area contributed by atoms with E-state index < -0.39 is 0 Å². The summed E-state index contributed by atoms with van der Waals surface area (Å²) >= 11 is 0. The van der Waals surface area contributed by atoms with Gasteiger partial charge in [0.15, 0.2) is 0 Å². The fourth-order valence-corrected chi connectivity index (χ4v) is 2.26. The molecule has 0 saturated carbocycles. The minimum Gasteiger partial charge on any atom is -0.382 e. The lowest BCUT2D eigenvalue weighted by atomic mass is 9.88. The molecule has 3 heteroatoms. The Balaban J connectivity index is 2.44. The summed E-state index contributed by atoms with van der Waals surface area (Å²) in [6.45, 7) is 7.07. The van der Waals surface area contributed by atoms with E-state index in [0.29, 0.717) is 12.6 Å². The molecule has 1 rings (SSSR count). The van der Waals surface area contributed by atoms with Crippen molar-refractivity contribution in [3.05, 3.63) is 0 Å². The smallest absolute Gasteiger partial charge is 0.0926 e. The first-order valence-corrected chi connectivity index (χ1v) is 6.12. The zero-order valence-corrected chi connectivity index (χ0v) is 10.3. The molecule has 90 valence electrons. The van der Waals surface area contributed by atoms with Crippen molar-refractivity contribution < 1.29 is 9.47 Å². The first-order valence-electron chi connectivity index (χ1n) is 6.12. The van der Waals surface area contributed by atoms with Gasteiger partial charge < -0.3 is 14.8 Å². The van der Waals surface area contributed by atoms with Gasteiger partial charge in [0, 0.05) is 19.8 Å². The van der Waals surface area contributed by atoms with Crippen LogP contribution in [0.5, 0.6) is 0 Å². The molecule has 1 N–H and O–H groups in total. The molecule has 15 heavy (non-hydrogen) atoms. The second-order valence-electron chi connectivity index (χ2n) is 4.46. The lowest BCUT2D eigenvalue weighted by molar-refractivity contribution is -0.125. The predicted octanol–water partition coefficient (Wildman–Crippen LogP) is 1.96. The standard InChI is InChI=1S/C12H25NO2/c1-4-7-13-11-6-8-15-12(5-2,9-11)10-14-3/h11,13H,4-10H2,1-3H3. The van der Waals surface area contributed by atoms with Gasteiger partial charge in [0.05, 0.1) is 12.2 Å². The molecule has 1 aliphatic heterocycles. The Hall–Kier alpha value is -0.120. The van der Waals surface area contributed by atoms with E-state index in [9.17, 15) is 0 Å². The van der Waals surface area contributed by atoms with E-state index >= 15 is 0 Å². The summed E-state index contributed by atoms with van der Waals surface area (Å²) in [5.74, 6) is 0. The SMILES string of the molecule is CCCNC1CCOC(CC)(COC)C1. The zero-order chi connectivity index (χ0) is 11.1. The third kappa shape index (κ3) is 3.74. The predicted molar refractivity (Wildman–Crippen MR) is 62.2 cm³/mol. The van der Waals surface area contributed by atoms with E-state index in [1.54, 1.807) is 7.11 Å². The van der Waals surface area contributed by atoms with Gasteiger partial charge in [-0.25, -0.2) is 0 Å². The highest BCUT2D eigenvalue weighted by Crippen LogP contribution is 2.28. The maximum Gasteiger partial charge on any atom is 0.0926 e. The highest BCUT2D eigenvalue weighted by molar-refractivity contribution is 4.88. The van der Waals surface area contributed by atoms with E-state index in [0.717, 1.165) is 32.4 Å². The van der Waals surface area contributed by atoms with Gasteiger partial charge in [0.2, 0.25) is 0 Å². The van der Waals surface area contributed by atoms with Crippen LogP contribution in [0.4, 0.5) is 0 Å². The van der Waals surface area contributed by atoms with Crippen LogP contribution in [0.1, 0.15) is 39.5 Å². The van der Waals surface area contributed by atoms with Gasteiger partial charge in [-0.2, -0.15) is 0 Å². The number of hydrogen-bond donors (Lipinski definition) is 1. The maximum atomic E-state index is 5.90. The largest absolute Gasteiger partial charge is 0.382 e. The van der Waals surface area contributed by atoms with E-state index in [1.807, 2.05) is 0 Å². The number of methoxy groups -OCH3 is 1. The molecule has 0 bridgehead atoms. The summed E-state index contributed by atoms with van der Waals surface area (Å²) in [4.78, 5) is 0. The van der Waals surface area contributed by atoms with Gasteiger partial charge in [-0.1, -0.05) is 13.8 Å². The summed E-state index contributed by atoms with van der Waals surface area (Å²) in [6, 6.07) is 0.605. The molecule has 0 aromatic carbocycles.